The molecule has 0 aromatic carbocycles. The van der Waals surface area contributed by atoms with Gasteiger partial charge in [0.1, 0.15) is 0 Å². The smallest absolute Gasteiger partial charge is 0.0833 e. The summed E-state index contributed by atoms with van der Waals surface area (Å²) in [7, 11) is 0. The van der Waals surface area contributed by atoms with Crippen LogP contribution in [-0.2, 0) is 0 Å². The lowest BCUT2D eigenvalue weighted by Gasteiger charge is -2.36. The van der Waals surface area contributed by atoms with Crippen LogP contribution < -0.4 is 10.2 Å². The molecule has 0 fully saturated rings. The standard InChI is InChI=1S/C11H15N3/c1-8(2)14-9(3)6-13-10-4-5-12-7-11(10)14/h4-5,7-8,13H,3,6H2,1-2H3. The number of fused-ring (bicyclic) bond motifs is 1. The summed E-state index contributed by atoms with van der Waals surface area (Å²) in [6.07, 6.45) is 3.69. The van der Waals surface area contributed by atoms with Gasteiger partial charge in [-0.15, -0.1) is 0 Å². The van der Waals surface area contributed by atoms with Crippen LogP contribution in [0.25, 0.3) is 0 Å². The Morgan fingerprint density at radius 3 is 3.07 bits per heavy atom. The Morgan fingerprint density at radius 2 is 2.36 bits per heavy atom. The van der Waals surface area contributed by atoms with Crippen molar-refractivity contribution in [2.75, 3.05) is 16.8 Å². The van der Waals surface area contributed by atoms with Crippen LogP contribution in [0.5, 0.6) is 0 Å². The van der Waals surface area contributed by atoms with E-state index in [0.717, 1.165) is 23.6 Å². The first kappa shape index (κ1) is 9.06. The molecular formula is C11H15N3. The van der Waals surface area contributed by atoms with E-state index in [1.165, 1.54) is 0 Å². The Balaban J connectivity index is 2.46. The zero-order valence-electron chi connectivity index (χ0n) is 8.62. The van der Waals surface area contributed by atoms with Crippen LogP contribution in [0.2, 0.25) is 0 Å². The second-order valence-electron chi connectivity index (χ2n) is 3.78. The van der Waals surface area contributed by atoms with Crippen molar-refractivity contribution < 1.29 is 0 Å². The number of hydrogen-bond donors (Lipinski definition) is 1. The minimum atomic E-state index is 0.424. The van der Waals surface area contributed by atoms with Crippen LogP contribution in [0.4, 0.5) is 11.4 Å². The molecule has 1 aliphatic heterocycles. The van der Waals surface area contributed by atoms with Gasteiger partial charge in [-0.1, -0.05) is 6.58 Å². The van der Waals surface area contributed by atoms with Crippen LogP contribution in [0.15, 0.2) is 30.7 Å². The maximum absolute atomic E-state index is 4.14. The van der Waals surface area contributed by atoms with Crippen molar-refractivity contribution in [2.45, 2.75) is 19.9 Å². The Labute approximate surface area is 84.5 Å². The molecule has 0 radical (unpaired) electrons. The summed E-state index contributed by atoms with van der Waals surface area (Å²) >= 11 is 0. The molecule has 0 unspecified atom stereocenters. The molecular weight excluding hydrogens is 174 g/mol. The maximum Gasteiger partial charge on any atom is 0.0833 e. The van der Waals surface area contributed by atoms with Gasteiger partial charge in [-0.05, 0) is 19.9 Å². The number of pyridine rings is 1. The average Bonchev–Trinajstić information content (AvgIpc) is 2.17. The van der Waals surface area contributed by atoms with E-state index in [9.17, 15) is 0 Å². The quantitative estimate of drug-likeness (QED) is 0.734. The van der Waals surface area contributed by atoms with Gasteiger partial charge in [0, 0.05) is 17.9 Å². The van der Waals surface area contributed by atoms with Gasteiger partial charge >= 0.3 is 0 Å². The van der Waals surface area contributed by atoms with Gasteiger partial charge in [0.05, 0.1) is 24.1 Å². The van der Waals surface area contributed by atoms with Gasteiger partial charge in [-0.25, -0.2) is 0 Å². The topological polar surface area (TPSA) is 28.2 Å². The molecule has 3 heteroatoms. The minimum absolute atomic E-state index is 0.424. The van der Waals surface area contributed by atoms with E-state index < -0.39 is 0 Å². The van der Waals surface area contributed by atoms with Gasteiger partial charge in [0.2, 0.25) is 0 Å². The molecule has 2 heterocycles. The van der Waals surface area contributed by atoms with E-state index in [4.69, 9.17) is 0 Å². The lowest BCUT2D eigenvalue weighted by molar-refractivity contribution is 0.737. The van der Waals surface area contributed by atoms with Gasteiger partial charge in [0.25, 0.3) is 0 Å². The average molecular weight is 189 g/mol. The van der Waals surface area contributed by atoms with Crippen LogP contribution in [0.1, 0.15) is 13.8 Å². The third-order valence-corrected chi connectivity index (χ3v) is 2.40. The van der Waals surface area contributed by atoms with Crippen molar-refractivity contribution in [3.05, 3.63) is 30.7 Å². The van der Waals surface area contributed by atoms with E-state index in [0.29, 0.717) is 6.04 Å². The number of anilines is 2. The fourth-order valence-electron chi connectivity index (χ4n) is 1.82. The van der Waals surface area contributed by atoms with Crippen molar-refractivity contribution in [3.8, 4) is 0 Å². The van der Waals surface area contributed by atoms with Crippen molar-refractivity contribution >= 4 is 11.4 Å². The Morgan fingerprint density at radius 1 is 1.57 bits per heavy atom. The van der Waals surface area contributed by atoms with Gasteiger partial charge in [0.15, 0.2) is 0 Å². The molecule has 74 valence electrons. The first-order chi connectivity index (χ1) is 6.70. The molecule has 0 bridgehead atoms. The summed E-state index contributed by atoms with van der Waals surface area (Å²) in [6, 6.07) is 2.42. The Kier molecular flexibility index (Phi) is 2.15. The molecule has 0 spiro atoms. The summed E-state index contributed by atoms with van der Waals surface area (Å²) < 4.78 is 0. The van der Waals surface area contributed by atoms with E-state index in [2.05, 4.69) is 35.6 Å². The molecule has 0 aliphatic carbocycles. The van der Waals surface area contributed by atoms with Crippen LogP contribution >= 0.6 is 0 Å². The van der Waals surface area contributed by atoms with Crippen LogP contribution in [0, 0.1) is 0 Å². The highest BCUT2D eigenvalue weighted by Gasteiger charge is 2.21. The minimum Gasteiger partial charge on any atom is -0.378 e. The summed E-state index contributed by atoms with van der Waals surface area (Å²) in [5, 5.41) is 3.32. The normalized spacial score (nSPS) is 15.4. The van der Waals surface area contributed by atoms with Crippen molar-refractivity contribution in [2.24, 2.45) is 0 Å². The highest BCUT2D eigenvalue weighted by molar-refractivity contribution is 5.74. The molecule has 0 amide bonds. The zero-order chi connectivity index (χ0) is 10.1. The first-order valence-electron chi connectivity index (χ1n) is 4.85. The van der Waals surface area contributed by atoms with Gasteiger partial charge in [-0.3, -0.25) is 4.98 Å². The van der Waals surface area contributed by atoms with Gasteiger partial charge < -0.3 is 10.2 Å². The second-order valence-corrected chi connectivity index (χ2v) is 3.78. The van der Waals surface area contributed by atoms with Crippen molar-refractivity contribution in [1.82, 2.24) is 4.98 Å². The molecule has 0 saturated carbocycles. The maximum atomic E-state index is 4.14. The monoisotopic (exact) mass is 189 g/mol. The Bertz CT molecular complexity index is 357. The first-order valence-corrected chi connectivity index (χ1v) is 4.85. The van der Waals surface area contributed by atoms with E-state index in [1.807, 2.05) is 12.3 Å². The van der Waals surface area contributed by atoms with Crippen LogP contribution in [0.3, 0.4) is 0 Å². The highest BCUT2D eigenvalue weighted by Crippen LogP contribution is 2.32. The highest BCUT2D eigenvalue weighted by atomic mass is 15.2. The molecule has 0 atom stereocenters. The fourth-order valence-corrected chi connectivity index (χ4v) is 1.82. The molecule has 1 aliphatic rings. The number of rotatable bonds is 1. The molecule has 0 saturated heterocycles. The van der Waals surface area contributed by atoms with Crippen molar-refractivity contribution in [1.29, 1.82) is 0 Å². The predicted molar refractivity (Wildman–Crippen MR) is 59.5 cm³/mol. The third-order valence-electron chi connectivity index (χ3n) is 2.40. The molecule has 2 rings (SSSR count). The molecule has 14 heavy (non-hydrogen) atoms. The summed E-state index contributed by atoms with van der Waals surface area (Å²) in [6.45, 7) is 9.19. The third kappa shape index (κ3) is 1.35. The molecule has 1 N–H and O–H groups in total. The van der Waals surface area contributed by atoms with Crippen LogP contribution in [-0.4, -0.2) is 17.6 Å². The lowest BCUT2D eigenvalue weighted by Crippen LogP contribution is -2.36. The predicted octanol–water partition coefficient (Wildman–Crippen LogP) is 2.24. The van der Waals surface area contributed by atoms with E-state index in [-0.39, 0.29) is 0 Å². The number of nitrogens with zero attached hydrogens (tertiary/aromatic N) is 2. The van der Waals surface area contributed by atoms with Crippen molar-refractivity contribution in [3.63, 3.8) is 0 Å². The summed E-state index contributed by atoms with van der Waals surface area (Å²) in [5.74, 6) is 0. The number of hydrogen-bond acceptors (Lipinski definition) is 3. The molecule has 1 aromatic heterocycles. The number of aromatic nitrogens is 1. The SMILES string of the molecule is C=C1CNc2ccncc2N1C(C)C. The second kappa shape index (κ2) is 3.33. The zero-order valence-corrected chi connectivity index (χ0v) is 8.62. The summed E-state index contributed by atoms with van der Waals surface area (Å²) in [5.41, 5.74) is 3.36. The summed E-state index contributed by atoms with van der Waals surface area (Å²) in [4.78, 5) is 6.36. The Hall–Kier alpha value is -1.51. The van der Waals surface area contributed by atoms with Gasteiger partial charge in [-0.2, -0.15) is 0 Å². The van der Waals surface area contributed by atoms with E-state index in [1.54, 1.807) is 6.20 Å². The fraction of sp³-hybridized carbons (Fsp3) is 0.364. The number of nitrogens with one attached hydrogen (secondary N) is 1. The lowest BCUT2D eigenvalue weighted by atomic mass is 10.1. The molecule has 3 nitrogen and oxygen atoms in total. The van der Waals surface area contributed by atoms with E-state index >= 15 is 0 Å². The molecule has 1 aromatic rings. The largest absolute Gasteiger partial charge is 0.378 e.